The Bertz CT molecular complexity index is 596. The van der Waals surface area contributed by atoms with Crippen molar-refractivity contribution in [2.24, 2.45) is 11.8 Å². The Morgan fingerprint density at radius 3 is 2.50 bits per heavy atom. The van der Waals surface area contributed by atoms with Gasteiger partial charge in [0, 0.05) is 16.2 Å². The van der Waals surface area contributed by atoms with E-state index in [-0.39, 0.29) is 23.7 Å². The fourth-order valence-electron chi connectivity index (χ4n) is 3.06. The van der Waals surface area contributed by atoms with E-state index in [1.807, 2.05) is 25.1 Å². The van der Waals surface area contributed by atoms with Gasteiger partial charge in [0.15, 0.2) is 0 Å². The molecule has 3 rings (SSSR count). The number of amides is 2. The van der Waals surface area contributed by atoms with Gasteiger partial charge in [0.25, 0.3) is 0 Å². The van der Waals surface area contributed by atoms with Crippen LogP contribution in [0.15, 0.2) is 22.7 Å². The van der Waals surface area contributed by atoms with Gasteiger partial charge in [-0.15, -0.1) is 0 Å². The number of nitrogens with one attached hydrogen (secondary N) is 2. The molecule has 0 spiro atoms. The maximum absolute atomic E-state index is 12.2. The van der Waals surface area contributed by atoms with Crippen LogP contribution in [-0.2, 0) is 9.59 Å². The second-order valence-electron chi connectivity index (χ2n) is 6.39. The minimum absolute atomic E-state index is 0.0529. The SMILES string of the molecule is Cc1ccc(NC(=O)C2CC2C(=O)NC2CCCC2)cc1Br. The molecule has 2 aliphatic carbocycles. The second kappa shape index (κ2) is 6.41. The molecular weight excluding hydrogens is 344 g/mol. The molecule has 0 saturated heterocycles. The maximum atomic E-state index is 12.2. The molecule has 2 fully saturated rings. The van der Waals surface area contributed by atoms with Crippen molar-refractivity contribution in [3.8, 4) is 0 Å². The van der Waals surface area contributed by atoms with Crippen molar-refractivity contribution < 1.29 is 9.59 Å². The summed E-state index contributed by atoms with van der Waals surface area (Å²) >= 11 is 3.46. The van der Waals surface area contributed by atoms with E-state index in [1.165, 1.54) is 12.8 Å². The molecule has 2 aliphatic rings. The van der Waals surface area contributed by atoms with E-state index in [2.05, 4.69) is 26.6 Å². The summed E-state index contributed by atoms with van der Waals surface area (Å²) in [6, 6.07) is 6.05. The van der Waals surface area contributed by atoms with Gasteiger partial charge in [-0.25, -0.2) is 0 Å². The Hall–Kier alpha value is -1.36. The van der Waals surface area contributed by atoms with E-state index in [4.69, 9.17) is 0 Å². The molecule has 5 heteroatoms. The Labute approximate surface area is 139 Å². The van der Waals surface area contributed by atoms with Crippen molar-refractivity contribution >= 4 is 33.4 Å². The summed E-state index contributed by atoms with van der Waals surface area (Å²) in [4.78, 5) is 24.3. The monoisotopic (exact) mass is 364 g/mol. The summed E-state index contributed by atoms with van der Waals surface area (Å²) in [5.41, 5.74) is 1.89. The zero-order valence-electron chi connectivity index (χ0n) is 12.7. The maximum Gasteiger partial charge on any atom is 0.228 e. The van der Waals surface area contributed by atoms with Crippen LogP contribution >= 0.6 is 15.9 Å². The number of carbonyl (C=O) groups is 2. The van der Waals surface area contributed by atoms with Gasteiger partial charge in [-0.2, -0.15) is 0 Å². The standard InChI is InChI=1S/C17H21BrN2O2/c1-10-6-7-12(8-15(10)18)20-17(22)14-9-13(14)16(21)19-11-4-2-3-5-11/h6-8,11,13-14H,2-5,9H2,1H3,(H,19,21)(H,20,22). The average Bonchev–Trinajstić information content (AvgIpc) is 3.14. The highest BCUT2D eigenvalue weighted by Crippen LogP contribution is 2.40. The van der Waals surface area contributed by atoms with Crippen LogP contribution in [0.1, 0.15) is 37.7 Å². The summed E-state index contributed by atoms with van der Waals surface area (Å²) in [7, 11) is 0. The summed E-state index contributed by atoms with van der Waals surface area (Å²) in [6.45, 7) is 2.00. The van der Waals surface area contributed by atoms with Gasteiger partial charge in [-0.1, -0.05) is 34.8 Å². The molecule has 2 unspecified atom stereocenters. The number of anilines is 1. The Kier molecular flexibility index (Phi) is 4.52. The molecule has 22 heavy (non-hydrogen) atoms. The summed E-state index contributed by atoms with van der Waals surface area (Å²) in [6.07, 6.45) is 5.21. The number of aryl methyl sites for hydroxylation is 1. The lowest BCUT2D eigenvalue weighted by atomic mass is 10.2. The van der Waals surface area contributed by atoms with Gasteiger partial charge in [0.05, 0.1) is 11.8 Å². The number of hydrogen-bond donors (Lipinski definition) is 2. The van der Waals surface area contributed by atoms with E-state index in [9.17, 15) is 9.59 Å². The molecule has 4 nitrogen and oxygen atoms in total. The lowest BCUT2D eigenvalue weighted by Gasteiger charge is -2.11. The molecular formula is C17H21BrN2O2. The third-order valence-electron chi connectivity index (χ3n) is 4.60. The highest BCUT2D eigenvalue weighted by molar-refractivity contribution is 9.10. The first kappa shape index (κ1) is 15.5. The average molecular weight is 365 g/mol. The molecule has 1 aromatic rings. The largest absolute Gasteiger partial charge is 0.353 e. The molecule has 0 heterocycles. The summed E-state index contributed by atoms with van der Waals surface area (Å²) in [5.74, 6) is -0.324. The molecule has 2 N–H and O–H groups in total. The minimum atomic E-state index is -0.179. The number of carbonyl (C=O) groups excluding carboxylic acids is 2. The number of halogens is 1. The fourth-order valence-corrected chi connectivity index (χ4v) is 3.44. The lowest BCUT2D eigenvalue weighted by Crippen LogP contribution is -2.34. The number of hydrogen-bond acceptors (Lipinski definition) is 2. The Balaban J connectivity index is 1.51. The van der Waals surface area contributed by atoms with Crippen LogP contribution in [0.2, 0.25) is 0 Å². The van der Waals surface area contributed by atoms with Crippen LogP contribution in [0.5, 0.6) is 0 Å². The van der Waals surface area contributed by atoms with Gasteiger partial charge in [0.2, 0.25) is 11.8 Å². The molecule has 0 aromatic heterocycles. The Morgan fingerprint density at radius 2 is 1.82 bits per heavy atom. The predicted octanol–water partition coefficient (Wildman–Crippen LogP) is 3.39. The third-order valence-corrected chi connectivity index (χ3v) is 5.46. The smallest absolute Gasteiger partial charge is 0.228 e. The van der Waals surface area contributed by atoms with Gasteiger partial charge >= 0.3 is 0 Å². The van der Waals surface area contributed by atoms with E-state index >= 15 is 0 Å². The topological polar surface area (TPSA) is 58.2 Å². The Morgan fingerprint density at radius 1 is 1.14 bits per heavy atom. The third kappa shape index (κ3) is 3.51. The van der Waals surface area contributed by atoms with Gasteiger partial charge in [-0.05, 0) is 43.9 Å². The first-order valence-corrected chi connectivity index (χ1v) is 8.71. The molecule has 2 amide bonds. The summed E-state index contributed by atoms with van der Waals surface area (Å²) < 4.78 is 0.969. The molecule has 1 aromatic carbocycles. The van der Waals surface area contributed by atoms with Crippen molar-refractivity contribution in [3.05, 3.63) is 28.2 Å². The number of benzene rings is 1. The normalized spacial score (nSPS) is 24.1. The predicted molar refractivity (Wildman–Crippen MR) is 89.5 cm³/mol. The van der Waals surface area contributed by atoms with Crippen molar-refractivity contribution in [3.63, 3.8) is 0 Å². The molecule has 2 saturated carbocycles. The van der Waals surface area contributed by atoms with Crippen molar-refractivity contribution in [1.82, 2.24) is 5.32 Å². The fraction of sp³-hybridized carbons (Fsp3) is 0.529. The molecule has 0 aliphatic heterocycles. The zero-order valence-corrected chi connectivity index (χ0v) is 14.3. The highest BCUT2D eigenvalue weighted by Gasteiger charge is 2.48. The quantitative estimate of drug-likeness (QED) is 0.859. The van der Waals surface area contributed by atoms with Crippen LogP contribution < -0.4 is 10.6 Å². The van der Waals surface area contributed by atoms with Crippen LogP contribution in [0.4, 0.5) is 5.69 Å². The van der Waals surface area contributed by atoms with Crippen molar-refractivity contribution in [2.45, 2.75) is 45.1 Å². The van der Waals surface area contributed by atoms with Crippen molar-refractivity contribution in [2.75, 3.05) is 5.32 Å². The minimum Gasteiger partial charge on any atom is -0.353 e. The van der Waals surface area contributed by atoms with Gasteiger partial charge in [-0.3, -0.25) is 9.59 Å². The van der Waals surface area contributed by atoms with Gasteiger partial charge in [0.1, 0.15) is 0 Å². The van der Waals surface area contributed by atoms with Crippen LogP contribution in [-0.4, -0.2) is 17.9 Å². The van der Waals surface area contributed by atoms with Gasteiger partial charge < -0.3 is 10.6 Å². The summed E-state index contributed by atoms with van der Waals surface area (Å²) in [5, 5.41) is 5.98. The zero-order chi connectivity index (χ0) is 15.7. The number of rotatable bonds is 4. The van der Waals surface area contributed by atoms with E-state index in [0.717, 1.165) is 28.6 Å². The molecule has 118 valence electrons. The lowest BCUT2D eigenvalue weighted by molar-refractivity contribution is -0.125. The second-order valence-corrected chi connectivity index (χ2v) is 7.25. The van der Waals surface area contributed by atoms with E-state index in [0.29, 0.717) is 12.5 Å². The van der Waals surface area contributed by atoms with E-state index < -0.39 is 0 Å². The van der Waals surface area contributed by atoms with Crippen LogP contribution in [0, 0.1) is 18.8 Å². The molecule has 2 atom stereocenters. The first-order chi connectivity index (χ1) is 10.5. The molecule has 0 bridgehead atoms. The van der Waals surface area contributed by atoms with Crippen LogP contribution in [0.3, 0.4) is 0 Å². The van der Waals surface area contributed by atoms with E-state index in [1.54, 1.807) is 0 Å². The van der Waals surface area contributed by atoms with Crippen molar-refractivity contribution in [1.29, 1.82) is 0 Å². The van der Waals surface area contributed by atoms with Crippen LogP contribution in [0.25, 0.3) is 0 Å². The molecule has 0 radical (unpaired) electrons. The highest BCUT2D eigenvalue weighted by atomic mass is 79.9. The first-order valence-electron chi connectivity index (χ1n) is 7.92.